The van der Waals surface area contributed by atoms with E-state index in [9.17, 15) is 5.26 Å². The molecular weight excluding hydrogens is 358 g/mol. The Kier molecular flexibility index (Phi) is 5.88. The first-order chi connectivity index (χ1) is 14.2. The van der Waals surface area contributed by atoms with Crippen LogP contribution in [0.5, 0.6) is 5.75 Å². The van der Waals surface area contributed by atoms with E-state index in [2.05, 4.69) is 28.5 Å². The lowest BCUT2D eigenvalue weighted by Gasteiger charge is -2.21. The highest BCUT2D eigenvalue weighted by Gasteiger charge is 2.14. The van der Waals surface area contributed by atoms with Gasteiger partial charge in [-0.15, -0.1) is 0 Å². The molecular formula is C25H25N3O. The molecule has 4 heteroatoms. The number of hydrogen-bond acceptors (Lipinski definition) is 4. The quantitative estimate of drug-likeness (QED) is 0.672. The lowest BCUT2D eigenvalue weighted by molar-refractivity contribution is 0.330. The largest absolute Gasteiger partial charge is 0.493 e. The van der Waals surface area contributed by atoms with Crippen molar-refractivity contribution in [1.29, 1.82) is 5.26 Å². The van der Waals surface area contributed by atoms with Gasteiger partial charge in [0, 0.05) is 17.5 Å². The summed E-state index contributed by atoms with van der Waals surface area (Å²) in [5.74, 6) is 0.871. The lowest BCUT2D eigenvalue weighted by atomic mass is 9.91. The number of benzene rings is 2. The topological polar surface area (TPSA) is 57.9 Å². The van der Waals surface area contributed by atoms with E-state index >= 15 is 0 Å². The summed E-state index contributed by atoms with van der Waals surface area (Å²) in [4.78, 5) is 4.59. The minimum atomic E-state index is 0.593. The zero-order chi connectivity index (χ0) is 20.1. The Labute approximate surface area is 171 Å². The maximum Gasteiger partial charge on any atom is 0.128 e. The van der Waals surface area contributed by atoms with Crippen molar-refractivity contribution in [2.45, 2.75) is 26.2 Å². The first-order valence-corrected chi connectivity index (χ1v) is 10.2. The molecule has 0 amide bonds. The van der Waals surface area contributed by atoms with E-state index in [1.165, 1.54) is 11.1 Å². The van der Waals surface area contributed by atoms with Crippen LogP contribution >= 0.6 is 0 Å². The van der Waals surface area contributed by atoms with Gasteiger partial charge in [-0.3, -0.25) is 4.98 Å². The van der Waals surface area contributed by atoms with E-state index in [1.54, 1.807) is 0 Å². The molecule has 3 aromatic rings. The first-order valence-electron chi connectivity index (χ1n) is 10.2. The van der Waals surface area contributed by atoms with Gasteiger partial charge in [0.05, 0.1) is 23.8 Å². The third-order valence-corrected chi connectivity index (χ3v) is 5.41. The summed E-state index contributed by atoms with van der Waals surface area (Å²) in [7, 11) is 0. The van der Waals surface area contributed by atoms with Gasteiger partial charge in [0.1, 0.15) is 5.75 Å². The van der Waals surface area contributed by atoms with Gasteiger partial charge in [-0.25, -0.2) is 0 Å². The number of fused-ring (bicyclic) bond motifs is 1. The van der Waals surface area contributed by atoms with Gasteiger partial charge in [0.2, 0.25) is 0 Å². The third-order valence-electron chi connectivity index (χ3n) is 5.41. The molecule has 1 N–H and O–H groups in total. The Morgan fingerprint density at radius 2 is 1.93 bits per heavy atom. The Morgan fingerprint density at radius 3 is 2.76 bits per heavy atom. The number of piperidine rings is 1. The monoisotopic (exact) mass is 383 g/mol. The SMILES string of the molecule is Cc1ccc2c(OCCC(=C3CCNCC3)c3cccc(C#N)c3)cccc2n1. The number of aromatic nitrogens is 1. The fourth-order valence-electron chi connectivity index (χ4n) is 3.95. The predicted molar refractivity (Wildman–Crippen MR) is 117 cm³/mol. The number of aryl methyl sites for hydroxylation is 1. The standard InChI is InChI=1S/C25H25N3O/c1-18-8-9-23-24(28-18)6-3-7-25(23)29-15-12-22(20-10-13-27-14-11-20)21-5-2-4-19(16-21)17-26/h2-9,16,27H,10-15H2,1H3. The van der Waals surface area contributed by atoms with Crippen molar-refractivity contribution in [2.75, 3.05) is 19.7 Å². The van der Waals surface area contributed by atoms with E-state index in [0.717, 1.165) is 60.3 Å². The van der Waals surface area contributed by atoms with Gasteiger partial charge in [-0.05, 0) is 80.4 Å². The fraction of sp³-hybridized carbons (Fsp3) is 0.280. The normalized spacial score (nSPS) is 13.9. The van der Waals surface area contributed by atoms with Crippen LogP contribution in [0.3, 0.4) is 0 Å². The van der Waals surface area contributed by atoms with Gasteiger partial charge in [0.15, 0.2) is 0 Å². The van der Waals surface area contributed by atoms with Gasteiger partial charge in [-0.2, -0.15) is 5.26 Å². The van der Waals surface area contributed by atoms with Crippen molar-refractivity contribution in [2.24, 2.45) is 0 Å². The number of nitrogens with zero attached hydrogens (tertiary/aromatic N) is 2. The summed E-state index contributed by atoms with van der Waals surface area (Å²) in [6, 6.07) is 20.3. The molecule has 1 aliphatic heterocycles. The maximum absolute atomic E-state index is 9.29. The molecule has 0 spiro atoms. The van der Waals surface area contributed by atoms with Crippen LogP contribution in [0.25, 0.3) is 16.5 Å². The fourth-order valence-corrected chi connectivity index (χ4v) is 3.95. The predicted octanol–water partition coefficient (Wildman–Crippen LogP) is 5.02. The number of hydrogen-bond donors (Lipinski definition) is 1. The molecule has 2 heterocycles. The molecule has 1 aromatic heterocycles. The number of nitrogens with one attached hydrogen (secondary N) is 1. The second-order valence-corrected chi connectivity index (χ2v) is 7.40. The zero-order valence-corrected chi connectivity index (χ0v) is 16.7. The molecule has 0 atom stereocenters. The summed E-state index contributed by atoms with van der Waals surface area (Å²) in [6.45, 7) is 4.60. The Bertz CT molecular complexity index is 1090. The summed E-state index contributed by atoms with van der Waals surface area (Å²) >= 11 is 0. The second-order valence-electron chi connectivity index (χ2n) is 7.40. The molecule has 29 heavy (non-hydrogen) atoms. The molecule has 1 fully saturated rings. The van der Waals surface area contributed by atoms with E-state index in [-0.39, 0.29) is 0 Å². The minimum absolute atomic E-state index is 0.593. The Balaban J connectivity index is 1.57. The van der Waals surface area contributed by atoms with E-state index in [4.69, 9.17) is 4.74 Å². The Morgan fingerprint density at radius 1 is 1.10 bits per heavy atom. The lowest BCUT2D eigenvalue weighted by Crippen LogP contribution is -2.24. The van der Waals surface area contributed by atoms with Crippen LogP contribution in [0.1, 0.15) is 36.1 Å². The number of pyridine rings is 1. The van der Waals surface area contributed by atoms with Crippen LogP contribution in [0.15, 0.2) is 60.2 Å². The van der Waals surface area contributed by atoms with Crippen molar-refractivity contribution in [1.82, 2.24) is 10.3 Å². The van der Waals surface area contributed by atoms with Gasteiger partial charge < -0.3 is 10.1 Å². The molecule has 2 aromatic carbocycles. The van der Waals surface area contributed by atoms with E-state index < -0.39 is 0 Å². The van der Waals surface area contributed by atoms with Crippen LogP contribution in [-0.4, -0.2) is 24.7 Å². The van der Waals surface area contributed by atoms with Gasteiger partial charge in [0.25, 0.3) is 0 Å². The summed E-state index contributed by atoms with van der Waals surface area (Å²) in [5.41, 5.74) is 6.59. The van der Waals surface area contributed by atoms with Crippen LogP contribution in [0.2, 0.25) is 0 Å². The Hall–Kier alpha value is -3.16. The molecule has 146 valence electrons. The number of nitriles is 1. The highest BCUT2D eigenvalue weighted by atomic mass is 16.5. The smallest absolute Gasteiger partial charge is 0.128 e. The van der Waals surface area contributed by atoms with Crippen molar-refractivity contribution >= 4 is 16.5 Å². The van der Waals surface area contributed by atoms with Crippen LogP contribution in [0, 0.1) is 18.3 Å². The summed E-state index contributed by atoms with van der Waals surface area (Å²) < 4.78 is 6.20. The molecule has 1 aliphatic rings. The van der Waals surface area contributed by atoms with Crippen molar-refractivity contribution in [3.63, 3.8) is 0 Å². The molecule has 0 unspecified atom stereocenters. The molecule has 0 aliphatic carbocycles. The van der Waals surface area contributed by atoms with Gasteiger partial charge in [-0.1, -0.05) is 23.8 Å². The number of ether oxygens (including phenoxy) is 1. The third kappa shape index (κ3) is 4.47. The second kappa shape index (κ2) is 8.89. The van der Waals surface area contributed by atoms with Crippen molar-refractivity contribution in [3.05, 3.63) is 77.0 Å². The van der Waals surface area contributed by atoms with Crippen LogP contribution < -0.4 is 10.1 Å². The zero-order valence-electron chi connectivity index (χ0n) is 16.7. The molecule has 0 radical (unpaired) electrons. The average Bonchev–Trinajstić information content (AvgIpc) is 2.77. The van der Waals surface area contributed by atoms with Crippen molar-refractivity contribution in [3.8, 4) is 11.8 Å². The maximum atomic E-state index is 9.29. The van der Waals surface area contributed by atoms with E-state index in [1.807, 2.05) is 49.4 Å². The first kappa shape index (κ1) is 19.2. The molecule has 0 saturated carbocycles. The molecule has 0 bridgehead atoms. The van der Waals surface area contributed by atoms with Gasteiger partial charge >= 0.3 is 0 Å². The molecule has 1 saturated heterocycles. The minimum Gasteiger partial charge on any atom is -0.493 e. The highest BCUT2D eigenvalue weighted by molar-refractivity contribution is 5.85. The van der Waals surface area contributed by atoms with Crippen molar-refractivity contribution < 1.29 is 4.74 Å². The average molecular weight is 383 g/mol. The summed E-state index contributed by atoms with van der Waals surface area (Å²) in [6.07, 6.45) is 2.91. The number of rotatable bonds is 5. The van der Waals surface area contributed by atoms with E-state index in [0.29, 0.717) is 12.2 Å². The molecule has 4 rings (SSSR count). The highest BCUT2D eigenvalue weighted by Crippen LogP contribution is 2.30. The summed E-state index contributed by atoms with van der Waals surface area (Å²) in [5, 5.41) is 13.8. The van der Waals surface area contributed by atoms with Crippen LogP contribution in [-0.2, 0) is 0 Å². The van der Waals surface area contributed by atoms with Crippen LogP contribution in [0.4, 0.5) is 0 Å². The molecule has 4 nitrogen and oxygen atoms in total.